The Kier molecular flexibility index (Phi) is 23.6. The first-order valence-corrected chi connectivity index (χ1v) is 26.6. The van der Waals surface area contributed by atoms with E-state index in [4.69, 9.17) is 42.7 Å². The number of rotatable bonds is 6. The Morgan fingerprint density at radius 3 is 1.20 bits per heavy atom. The summed E-state index contributed by atoms with van der Waals surface area (Å²) < 4.78 is 4.34. The van der Waals surface area contributed by atoms with Crippen molar-refractivity contribution < 1.29 is 40.2 Å². The van der Waals surface area contributed by atoms with Gasteiger partial charge in [-0.25, -0.2) is 10.9 Å². The molecular formula is C76H54Ir2N8-2. The SMILES string of the molecule is C.[C-]#CC#CC#CC#CC#CC#CC#CC#CC.[C-]#[N+]c1cc2c3ccc[c-]c3c3ncc(-c4c(C(C)C)cccc4C(C)C)n3c2cc1[N+]#[C-].[C-]#[N+]c1cc2c3ccccc3c3ncc(-c4c(C(C)C)cccc4C(C)C)n3c2cc1[N+]#[C-].[Ir].[Ir]. The Hall–Kier alpha value is -10.5. The van der Waals surface area contributed by atoms with Gasteiger partial charge in [-0.05, 0) is 141 Å². The topological polar surface area (TPSA) is 52.0 Å². The minimum atomic E-state index is 0. The minimum Gasteiger partial charge on any atom is -0.358 e. The van der Waals surface area contributed by atoms with E-state index in [1.54, 1.807) is 6.92 Å². The van der Waals surface area contributed by atoms with Gasteiger partial charge in [0.25, 0.3) is 0 Å². The fourth-order valence-electron chi connectivity index (χ4n) is 10.1. The normalized spacial score (nSPS) is 9.58. The molecule has 4 aromatic heterocycles. The third-order valence-corrected chi connectivity index (χ3v) is 13.7. The van der Waals surface area contributed by atoms with Gasteiger partial charge in [0.2, 0.25) is 0 Å². The van der Waals surface area contributed by atoms with Crippen molar-refractivity contribution in [3.63, 3.8) is 0 Å². The van der Waals surface area contributed by atoms with Crippen molar-refractivity contribution in [1.82, 2.24) is 18.8 Å². The number of hydrogen-bond donors (Lipinski definition) is 0. The summed E-state index contributed by atoms with van der Waals surface area (Å²) in [4.78, 5) is 24.3. The van der Waals surface area contributed by atoms with E-state index < -0.39 is 0 Å². The van der Waals surface area contributed by atoms with E-state index in [9.17, 15) is 0 Å². The van der Waals surface area contributed by atoms with Crippen molar-refractivity contribution in [2.24, 2.45) is 0 Å². The predicted molar refractivity (Wildman–Crippen MR) is 345 cm³/mol. The van der Waals surface area contributed by atoms with E-state index in [0.717, 1.165) is 66.0 Å². The van der Waals surface area contributed by atoms with Gasteiger partial charge < -0.3 is 10.8 Å². The number of pyridine rings is 2. The summed E-state index contributed by atoms with van der Waals surface area (Å²) in [6, 6.07) is 37.9. The second-order valence-electron chi connectivity index (χ2n) is 20.0. The van der Waals surface area contributed by atoms with Gasteiger partial charge in [0.05, 0.1) is 49.5 Å². The van der Waals surface area contributed by atoms with Gasteiger partial charge in [-0.15, -0.1) is 35.6 Å². The molecule has 10 heteroatoms. The molecule has 0 unspecified atom stereocenters. The first-order valence-electron chi connectivity index (χ1n) is 26.6. The summed E-state index contributed by atoms with van der Waals surface area (Å²) in [7, 11) is 0. The smallest absolute Gasteiger partial charge is 0.196 e. The molecule has 0 bridgehead atoms. The monoisotopic (exact) mass is 1460 g/mol. The van der Waals surface area contributed by atoms with Crippen LogP contribution in [-0.4, -0.2) is 18.8 Å². The van der Waals surface area contributed by atoms with Crippen LogP contribution in [0.15, 0.2) is 116 Å². The van der Waals surface area contributed by atoms with E-state index in [1.165, 1.54) is 33.4 Å². The molecule has 2 radical (unpaired) electrons. The maximum atomic E-state index is 7.65. The average Bonchev–Trinajstić information content (AvgIpc) is 1.44. The van der Waals surface area contributed by atoms with Crippen molar-refractivity contribution in [2.45, 2.75) is 93.4 Å². The fraction of sp³-hybridized carbons (Fsp3) is 0.184. The average molecular weight is 1460 g/mol. The summed E-state index contributed by atoms with van der Waals surface area (Å²) in [5.74, 6) is 37.7. The number of fused-ring (bicyclic) bond motifs is 12. The van der Waals surface area contributed by atoms with E-state index in [0.29, 0.717) is 46.4 Å². The standard InChI is InChI=1S/C29H24N4.C29H23N4.C17H3.CH4.2Ir/c2*1-17(2)19-12-9-13-20(18(3)4)28(19)27-16-32-29-22-11-8-7-10-21(22)23-14-24(30-5)25(31-6)15-26(23)33(27)29;1-3-5-7-9-11-13-15-17-16-14-12-10-8-6-4-2;;;/h7-18H,1-4H3;7-10,12-18H,1-4H3;1H3;1H4;;/q;2*-1;;;. The summed E-state index contributed by atoms with van der Waals surface area (Å²) in [6.45, 7) is 49.9. The van der Waals surface area contributed by atoms with Gasteiger partial charge in [0.15, 0.2) is 22.7 Å². The molecular weight excluding hydrogens is 1410 g/mol. The summed E-state index contributed by atoms with van der Waals surface area (Å²) in [5.41, 5.74) is 14.5. The van der Waals surface area contributed by atoms with Gasteiger partial charge in [0.1, 0.15) is 5.65 Å². The van der Waals surface area contributed by atoms with Crippen LogP contribution < -0.4 is 0 Å². The Labute approximate surface area is 533 Å². The first kappa shape index (κ1) is 66.3. The molecule has 4 heterocycles. The summed E-state index contributed by atoms with van der Waals surface area (Å²) >= 11 is 0. The van der Waals surface area contributed by atoms with E-state index in [-0.39, 0.29) is 47.6 Å². The summed E-state index contributed by atoms with van der Waals surface area (Å²) in [5, 5.41) is 5.87. The molecule has 86 heavy (non-hydrogen) atoms. The van der Waals surface area contributed by atoms with Crippen LogP contribution in [0.4, 0.5) is 22.7 Å². The van der Waals surface area contributed by atoms with Gasteiger partial charge in [-0.1, -0.05) is 152 Å². The number of aromatic nitrogens is 4. The molecule has 0 amide bonds. The quantitative estimate of drug-likeness (QED) is 0.0946. The fourth-order valence-corrected chi connectivity index (χ4v) is 10.1. The zero-order chi connectivity index (χ0) is 59.2. The number of imidazole rings is 2. The molecule has 8 nitrogen and oxygen atoms in total. The van der Waals surface area contributed by atoms with Crippen molar-refractivity contribution in [2.75, 3.05) is 0 Å². The Morgan fingerprint density at radius 1 is 0.430 bits per heavy atom. The third kappa shape index (κ3) is 13.8. The largest absolute Gasteiger partial charge is 0.358 e. The van der Waals surface area contributed by atoms with Crippen LogP contribution in [0.5, 0.6) is 0 Å². The zero-order valence-corrected chi connectivity index (χ0v) is 52.8. The Bertz CT molecular complexity index is 4700. The molecule has 0 N–H and O–H groups in total. The molecule has 0 fully saturated rings. The molecule has 0 aliphatic rings. The molecule has 0 aliphatic heterocycles. The Balaban J connectivity index is 0.000000244. The van der Waals surface area contributed by atoms with Crippen LogP contribution in [0.25, 0.3) is 96.5 Å². The number of nitrogens with zero attached hydrogens (tertiary/aromatic N) is 8. The number of benzene rings is 6. The third-order valence-electron chi connectivity index (χ3n) is 13.7. The van der Waals surface area contributed by atoms with Gasteiger partial charge in [-0.3, -0.25) is 34.7 Å². The van der Waals surface area contributed by atoms with Crippen LogP contribution >= 0.6 is 0 Å². The first-order chi connectivity index (χ1) is 40.3. The van der Waals surface area contributed by atoms with Gasteiger partial charge in [-0.2, -0.15) is 0 Å². The van der Waals surface area contributed by atoms with Crippen LogP contribution in [0.2, 0.25) is 0 Å². The molecule has 0 spiro atoms. The summed E-state index contributed by atoms with van der Waals surface area (Å²) in [6.07, 6.45) is 10.4. The molecule has 10 rings (SSSR count). The van der Waals surface area contributed by atoms with E-state index in [2.05, 4.69) is 221 Å². The van der Waals surface area contributed by atoms with Crippen molar-refractivity contribution in [3.05, 3.63) is 196 Å². The van der Waals surface area contributed by atoms with Crippen molar-refractivity contribution in [1.29, 1.82) is 0 Å². The number of hydrogen-bond acceptors (Lipinski definition) is 2. The van der Waals surface area contributed by atoms with Crippen LogP contribution in [0, 0.1) is 128 Å². The van der Waals surface area contributed by atoms with Crippen LogP contribution in [0.1, 0.15) is 116 Å². The predicted octanol–water partition coefficient (Wildman–Crippen LogP) is 18.4. The van der Waals surface area contributed by atoms with Crippen molar-refractivity contribution >= 4 is 77.4 Å². The molecule has 0 saturated heterocycles. The Morgan fingerprint density at radius 2 is 0.791 bits per heavy atom. The van der Waals surface area contributed by atoms with Gasteiger partial charge in [0, 0.05) is 74.0 Å². The van der Waals surface area contributed by atoms with Crippen molar-refractivity contribution in [3.8, 4) is 111 Å². The van der Waals surface area contributed by atoms with Gasteiger partial charge >= 0.3 is 0 Å². The maximum absolute atomic E-state index is 7.65. The second kappa shape index (κ2) is 30.7. The second-order valence-corrected chi connectivity index (χ2v) is 20.0. The maximum Gasteiger partial charge on any atom is 0.196 e. The minimum absolute atomic E-state index is 0. The molecule has 6 aromatic carbocycles. The molecule has 418 valence electrons. The molecule has 0 aliphatic carbocycles. The van der Waals surface area contributed by atoms with Crippen LogP contribution in [-0.2, 0) is 40.2 Å². The van der Waals surface area contributed by atoms with E-state index in [1.807, 2.05) is 72.9 Å². The zero-order valence-electron chi connectivity index (χ0n) is 48.0. The van der Waals surface area contributed by atoms with E-state index >= 15 is 0 Å². The molecule has 10 aromatic rings. The molecule has 0 saturated carbocycles. The van der Waals surface area contributed by atoms with Crippen LogP contribution in [0.3, 0.4) is 0 Å². The molecule has 0 atom stereocenters.